The SMILES string of the molecule is CCOc1ccc(C(=O)CSc2nc3ccccc3n2CC)cc1. The number of para-hydroxylation sites is 2. The van der Waals surface area contributed by atoms with Gasteiger partial charge in [0.15, 0.2) is 10.9 Å². The molecule has 24 heavy (non-hydrogen) atoms. The number of ketones is 1. The number of ether oxygens (including phenoxy) is 1. The van der Waals surface area contributed by atoms with Gasteiger partial charge in [0.1, 0.15) is 5.75 Å². The molecule has 3 aromatic rings. The molecule has 0 aliphatic carbocycles. The maximum Gasteiger partial charge on any atom is 0.173 e. The van der Waals surface area contributed by atoms with Crippen molar-refractivity contribution in [3.8, 4) is 5.75 Å². The number of rotatable bonds is 7. The number of thioether (sulfide) groups is 1. The first-order chi connectivity index (χ1) is 11.7. The van der Waals surface area contributed by atoms with Crippen LogP contribution in [0.2, 0.25) is 0 Å². The Morgan fingerprint density at radius 1 is 1.12 bits per heavy atom. The van der Waals surface area contributed by atoms with Crippen LogP contribution >= 0.6 is 11.8 Å². The number of aromatic nitrogens is 2. The molecule has 124 valence electrons. The molecule has 0 unspecified atom stereocenters. The zero-order valence-electron chi connectivity index (χ0n) is 13.9. The molecule has 0 aliphatic heterocycles. The van der Waals surface area contributed by atoms with Gasteiger partial charge in [-0.25, -0.2) is 4.98 Å². The zero-order valence-corrected chi connectivity index (χ0v) is 14.7. The van der Waals surface area contributed by atoms with Gasteiger partial charge in [-0.2, -0.15) is 0 Å². The van der Waals surface area contributed by atoms with Crippen molar-refractivity contribution < 1.29 is 9.53 Å². The quantitative estimate of drug-likeness (QED) is 0.471. The van der Waals surface area contributed by atoms with Crippen LogP contribution in [-0.2, 0) is 6.54 Å². The van der Waals surface area contributed by atoms with Crippen LogP contribution in [0.25, 0.3) is 11.0 Å². The molecule has 0 N–H and O–H groups in total. The molecule has 0 radical (unpaired) electrons. The summed E-state index contributed by atoms with van der Waals surface area (Å²) in [5.41, 5.74) is 2.77. The van der Waals surface area contributed by atoms with Crippen LogP contribution in [-0.4, -0.2) is 27.7 Å². The fraction of sp³-hybridized carbons (Fsp3) is 0.263. The molecule has 1 heterocycles. The molecule has 5 heteroatoms. The third kappa shape index (κ3) is 3.46. The topological polar surface area (TPSA) is 44.1 Å². The van der Waals surface area contributed by atoms with E-state index >= 15 is 0 Å². The third-order valence-corrected chi connectivity index (χ3v) is 4.73. The van der Waals surface area contributed by atoms with Crippen molar-refractivity contribution in [2.45, 2.75) is 25.5 Å². The Hall–Kier alpha value is -2.27. The second-order valence-electron chi connectivity index (χ2n) is 5.30. The molecule has 0 saturated carbocycles. The molecule has 3 rings (SSSR count). The van der Waals surface area contributed by atoms with E-state index in [4.69, 9.17) is 4.74 Å². The van der Waals surface area contributed by atoms with Crippen molar-refractivity contribution in [2.24, 2.45) is 0 Å². The van der Waals surface area contributed by atoms with Crippen LogP contribution in [0, 0.1) is 0 Å². The molecule has 0 fully saturated rings. The smallest absolute Gasteiger partial charge is 0.173 e. The number of nitrogens with zero attached hydrogens (tertiary/aromatic N) is 2. The van der Waals surface area contributed by atoms with E-state index in [1.165, 1.54) is 11.8 Å². The zero-order chi connectivity index (χ0) is 16.9. The number of carbonyl (C=O) groups excluding carboxylic acids is 1. The highest BCUT2D eigenvalue weighted by atomic mass is 32.2. The largest absolute Gasteiger partial charge is 0.494 e. The summed E-state index contributed by atoms with van der Waals surface area (Å²) in [5, 5.41) is 0.887. The molecule has 2 aromatic carbocycles. The van der Waals surface area contributed by atoms with Gasteiger partial charge in [0, 0.05) is 12.1 Å². The van der Waals surface area contributed by atoms with Crippen LogP contribution in [0.15, 0.2) is 53.7 Å². The van der Waals surface area contributed by atoms with Gasteiger partial charge >= 0.3 is 0 Å². The number of imidazole rings is 1. The molecule has 0 amide bonds. The van der Waals surface area contributed by atoms with Crippen LogP contribution in [0.4, 0.5) is 0 Å². The lowest BCUT2D eigenvalue weighted by atomic mass is 10.1. The van der Waals surface area contributed by atoms with Gasteiger partial charge in [0.2, 0.25) is 0 Å². The first kappa shape index (κ1) is 16.6. The van der Waals surface area contributed by atoms with E-state index < -0.39 is 0 Å². The monoisotopic (exact) mass is 340 g/mol. The van der Waals surface area contributed by atoms with Crippen LogP contribution in [0.3, 0.4) is 0 Å². The highest BCUT2D eigenvalue weighted by molar-refractivity contribution is 7.99. The highest BCUT2D eigenvalue weighted by Gasteiger charge is 2.13. The van der Waals surface area contributed by atoms with Crippen molar-refractivity contribution in [1.82, 2.24) is 9.55 Å². The van der Waals surface area contributed by atoms with Crippen molar-refractivity contribution in [3.63, 3.8) is 0 Å². The summed E-state index contributed by atoms with van der Waals surface area (Å²) in [6.07, 6.45) is 0. The number of benzene rings is 2. The standard InChI is InChI=1S/C19H20N2O2S/c1-3-21-17-8-6-5-7-16(17)20-19(21)24-13-18(22)14-9-11-15(12-10-14)23-4-2/h5-12H,3-4,13H2,1-2H3. The van der Waals surface area contributed by atoms with Crippen molar-refractivity contribution in [3.05, 3.63) is 54.1 Å². The number of carbonyl (C=O) groups is 1. The molecule has 0 aliphatic rings. The molecule has 0 atom stereocenters. The van der Waals surface area contributed by atoms with E-state index in [0.717, 1.165) is 28.5 Å². The predicted molar refractivity (Wildman–Crippen MR) is 98.1 cm³/mol. The predicted octanol–water partition coefficient (Wildman–Crippen LogP) is 4.43. The summed E-state index contributed by atoms with van der Waals surface area (Å²) in [4.78, 5) is 17.0. The fourth-order valence-electron chi connectivity index (χ4n) is 2.59. The van der Waals surface area contributed by atoms with Gasteiger partial charge in [-0.3, -0.25) is 4.79 Å². The second-order valence-corrected chi connectivity index (χ2v) is 6.24. The Bertz CT molecular complexity index is 840. The van der Waals surface area contributed by atoms with Gasteiger partial charge < -0.3 is 9.30 Å². The molecule has 4 nitrogen and oxygen atoms in total. The van der Waals surface area contributed by atoms with Gasteiger partial charge in [-0.05, 0) is 50.2 Å². The van der Waals surface area contributed by atoms with E-state index in [2.05, 4.69) is 22.5 Å². The number of hydrogen-bond donors (Lipinski definition) is 0. The Morgan fingerprint density at radius 3 is 2.58 bits per heavy atom. The summed E-state index contributed by atoms with van der Waals surface area (Å²) < 4.78 is 7.55. The van der Waals surface area contributed by atoms with E-state index in [1.54, 1.807) is 0 Å². The molecule has 0 bridgehead atoms. The third-order valence-electron chi connectivity index (χ3n) is 3.76. The maximum absolute atomic E-state index is 12.4. The van der Waals surface area contributed by atoms with Crippen molar-refractivity contribution in [2.75, 3.05) is 12.4 Å². The van der Waals surface area contributed by atoms with Gasteiger partial charge in [0.25, 0.3) is 0 Å². The summed E-state index contributed by atoms with van der Waals surface area (Å²) in [5.74, 6) is 1.25. The minimum atomic E-state index is 0.0951. The summed E-state index contributed by atoms with van der Waals surface area (Å²) in [6.45, 7) is 5.48. The molecule has 0 spiro atoms. The highest BCUT2D eigenvalue weighted by Crippen LogP contribution is 2.25. The van der Waals surface area contributed by atoms with Crippen molar-refractivity contribution >= 4 is 28.6 Å². The number of fused-ring (bicyclic) bond motifs is 1. The summed E-state index contributed by atoms with van der Waals surface area (Å²) in [6, 6.07) is 15.4. The van der Waals surface area contributed by atoms with E-state index in [-0.39, 0.29) is 5.78 Å². The Balaban J connectivity index is 1.72. The van der Waals surface area contributed by atoms with Crippen LogP contribution in [0.1, 0.15) is 24.2 Å². The first-order valence-electron chi connectivity index (χ1n) is 8.07. The molecular formula is C19H20N2O2S. The summed E-state index contributed by atoms with van der Waals surface area (Å²) >= 11 is 1.49. The maximum atomic E-state index is 12.4. The lowest BCUT2D eigenvalue weighted by Crippen LogP contribution is -2.04. The number of Topliss-reactive ketones (excluding diaryl/α,β-unsaturated/α-hetero) is 1. The van der Waals surface area contributed by atoms with E-state index in [9.17, 15) is 4.79 Å². The van der Waals surface area contributed by atoms with Gasteiger partial charge in [-0.1, -0.05) is 23.9 Å². The van der Waals surface area contributed by atoms with Crippen LogP contribution < -0.4 is 4.74 Å². The molecule has 0 saturated heterocycles. The Kier molecular flexibility index (Phi) is 5.20. The number of aryl methyl sites for hydroxylation is 1. The summed E-state index contributed by atoms with van der Waals surface area (Å²) in [7, 11) is 0. The Labute approximate surface area is 145 Å². The van der Waals surface area contributed by atoms with Gasteiger partial charge in [-0.15, -0.1) is 0 Å². The first-order valence-corrected chi connectivity index (χ1v) is 9.05. The van der Waals surface area contributed by atoms with Crippen LogP contribution in [0.5, 0.6) is 5.75 Å². The number of hydrogen-bond acceptors (Lipinski definition) is 4. The van der Waals surface area contributed by atoms with Gasteiger partial charge in [0.05, 0.1) is 23.4 Å². The van der Waals surface area contributed by atoms with E-state index in [1.807, 2.05) is 49.4 Å². The average molecular weight is 340 g/mol. The lowest BCUT2D eigenvalue weighted by Gasteiger charge is -2.06. The Morgan fingerprint density at radius 2 is 1.88 bits per heavy atom. The second kappa shape index (κ2) is 7.53. The minimum Gasteiger partial charge on any atom is -0.494 e. The normalized spacial score (nSPS) is 10.9. The molecular weight excluding hydrogens is 320 g/mol. The lowest BCUT2D eigenvalue weighted by molar-refractivity contribution is 0.102. The van der Waals surface area contributed by atoms with E-state index in [0.29, 0.717) is 17.9 Å². The molecule has 1 aromatic heterocycles. The fourth-order valence-corrected chi connectivity index (χ4v) is 3.56. The van der Waals surface area contributed by atoms with Crippen molar-refractivity contribution in [1.29, 1.82) is 0 Å². The average Bonchev–Trinajstić information content (AvgIpc) is 2.98. The minimum absolute atomic E-state index is 0.0951.